The first kappa shape index (κ1) is 9.40. The Labute approximate surface area is 82.9 Å². The fraction of sp³-hybridized carbons (Fsp3) is 0.600. The average molecular weight is 194 g/mol. The maximum atomic E-state index is 10.6. The van der Waals surface area contributed by atoms with Crippen LogP contribution in [0.15, 0.2) is 10.7 Å². The molecule has 0 aliphatic carbocycles. The summed E-state index contributed by atoms with van der Waals surface area (Å²) < 4.78 is 5.06. The van der Waals surface area contributed by atoms with Gasteiger partial charge in [0.15, 0.2) is 6.29 Å². The fourth-order valence-electron chi connectivity index (χ4n) is 1.97. The molecule has 1 unspecified atom stereocenters. The maximum absolute atomic E-state index is 10.6. The predicted octanol–water partition coefficient (Wildman–Crippen LogP) is 1.12. The Kier molecular flexibility index (Phi) is 2.63. The third-order valence-corrected chi connectivity index (χ3v) is 2.90. The molecule has 0 amide bonds. The largest absolute Gasteiger partial charge is 0.361 e. The lowest BCUT2D eigenvalue weighted by atomic mass is 10.1. The second kappa shape index (κ2) is 3.92. The van der Waals surface area contributed by atoms with Gasteiger partial charge in [-0.25, -0.2) is 0 Å². The Hall–Kier alpha value is -1.16. The van der Waals surface area contributed by atoms with Gasteiger partial charge in [-0.1, -0.05) is 5.16 Å². The van der Waals surface area contributed by atoms with Gasteiger partial charge in [0.25, 0.3) is 0 Å². The van der Waals surface area contributed by atoms with Crippen LogP contribution >= 0.6 is 0 Å². The minimum Gasteiger partial charge on any atom is -0.361 e. The van der Waals surface area contributed by atoms with E-state index in [4.69, 9.17) is 4.52 Å². The standard InChI is InChI=1S/C10H14N2O2/c1-12-4-2-3-9(12)5-10-8(7-13)6-11-14-10/h6-7,9H,2-5H2,1H3. The molecule has 1 aromatic heterocycles. The van der Waals surface area contributed by atoms with Gasteiger partial charge < -0.3 is 9.42 Å². The summed E-state index contributed by atoms with van der Waals surface area (Å²) in [5, 5.41) is 3.64. The number of aldehydes is 1. The maximum Gasteiger partial charge on any atom is 0.155 e. The number of rotatable bonds is 3. The van der Waals surface area contributed by atoms with Crippen LogP contribution in [-0.4, -0.2) is 36.0 Å². The highest BCUT2D eigenvalue weighted by molar-refractivity contribution is 5.75. The number of aromatic nitrogens is 1. The fourth-order valence-corrected chi connectivity index (χ4v) is 1.97. The van der Waals surface area contributed by atoms with E-state index in [1.165, 1.54) is 19.0 Å². The van der Waals surface area contributed by atoms with Gasteiger partial charge in [-0.2, -0.15) is 0 Å². The van der Waals surface area contributed by atoms with Gasteiger partial charge in [0, 0.05) is 12.5 Å². The number of likely N-dealkylation sites (N-methyl/N-ethyl adjacent to an activating group) is 1. The molecule has 76 valence electrons. The first-order chi connectivity index (χ1) is 6.81. The second-order valence-corrected chi connectivity index (χ2v) is 3.80. The molecule has 4 heteroatoms. The summed E-state index contributed by atoms with van der Waals surface area (Å²) in [5.74, 6) is 0.721. The molecule has 1 aliphatic heterocycles. The molecular formula is C10H14N2O2. The van der Waals surface area contributed by atoms with Crippen molar-refractivity contribution in [2.24, 2.45) is 0 Å². The van der Waals surface area contributed by atoms with E-state index in [0.717, 1.165) is 25.0 Å². The second-order valence-electron chi connectivity index (χ2n) is 3.80. The summed E-state index contributed by atoms with van der Waals surface area (Å²) in [4.78, 5) is 12.9. The summed E-state index contributed by atoms with van der Waals surface area (Å²) in [7, 11) is 2.11. The lowest BCUT2D eigenvalue weighted by Crippen LogP contribution is -2.26. The lowest BCUT2D eigenvalue weighted by molar-refractivity contribution is 0.112. The van der Waals surface area contributed by atoms with Crippen LogP contribution < -0.4 is 0 Å². The number of carbonyl (C=O) groups excluding carboxylic acids is 1. The van der Waals surface area contributed by atoms with Gasteiger partial charge in [0.2, 0.25) is 0 Å². The summed E-state index contributed by atoms with van der Waals surface area (Å²) >= 11 is 0. The molecule has 1 atom stereocenters. The molecule has 2 rings (SSSR count). The van der Waals surface area contributed by atoms with Gasteiger partial charge >= 0.3 is 0 Å². The molecule has 0 saturated carbocycles. The zero-order valence-electron chi connectivity index (χ0n) is 8.27. The number of likely N-dealkylation sites (tertiary alicyclic amines) is 1. The monoisotopic (exact) mass is 194 g/mol. The predicted molar refractivity (Wildman–Crippen MR) is 51.2 cm³/mol. The van der Waals surface area contributed by atoms with Gasteiger partial charge in [-0.05, 0) is 26.4 Å². The van der Waals surface area contributed by atoms with Crippen molar-refractivity contribution in [1.82, 2.24) is 10.1 Å². The number of hydrogen-bond acceptors (Lipinski definition) is 4. The van der Waals surface area contributed by atoms with Crippen molar-refractivity contribution in [1.29, 1.82) is 0 Å². The van der Waals surface area contributed by atoms with E-state index in [2.05, 4.69) is 17.1 Å². The Morgan fingerprint density at radius 2 is 2.64 bits per heavy atom. The van der Waals surface area contributed by atoms with E-state index in [0.29, 0.717) is 11.6 Å². The molecule has 0 aromatic carbocycles. The SMILES string of the molecule is CN1CCCC1Cc1oncc1C=O. The van der Waals surface area contributed by atoms with Gasteiger partial charge in [-0.15, -0.1) is 0 Å². The summed E-state index contributed by atoms with van der Waals surface area (Å²) in [6.45, 7) is 1.13. The van der Waals surface area contributed by atoms with Gasteiger partial charge in [0.05, 0.1) is 11.8 Å². The summed E-state index contributed by atoms with van der Waals surface area (Å²) in [6.07, 6.45) is 5.49. The molecule has 0 radical (unpaired) electrons. The van der Waals surface area contributed by atoms with E-state index in [-0.39, 0.29) is 0 Å². The molecule has 0 N–H and O–H groups in total. The Balaban J connectivity index is 2.06. The quantitative estimate of drug-likeness (QED) is 0.676. The molecular weight excluding hydrogens is 180 g/mol. The van der Waals surface area contributed by atoms with Crippen LogP contribution in [-0.2, 0) is 6.42 Å². The van der Waals surface area contributed by atoms with E-state index in [1.807, 2.05) is 0 Å². The zero-order valence-corrected chi connectivity index (χ0v) is 8.27. The minimum absolute atomic E-state index is 0.502. The molecule has 2 heterocycles. The van der Waals surface area contributed by atoms with Crippen molar-refractivity contribution in [3.8, 4) is 0 Å². The van der Waals surface area contributed by atoms with Crippen LogP contribution in [0.25, 0.3) is 0 Å². The highest BCUT2D eigenvalue weighted by atomic mass is 16.5. The van der Waals surface area contributed by atoms with Crippen molar-refractivity contribution in [3.05, 3.63) is 17.5 Å². The summed E-state index contributed by atoms with van der Waals surface area (Å²) in [5.41, 5.74) is 0.588. The van der Waals surface area contributed by atoms with Crippen LogP contribution in [0.4, 0.5) is 0 Å². The summed E-state index contributed by atoms with van der Waals surface area (Å²) in [6, 6.07) is 0.502. The van der Waals surface area contributed by atoms with E-state index in [1.54, 1.807) is 0 Å². The number of carbonyl (C=O) groups is 1. The molecule has 1 saturated heterocycles. The Bertz CT molecular complexity index is 322. The molecule has 4 nitrogen and oxygen atoms in total. The normalized spacial score (nSPS) is 22.8. The van der Waals surface area contributed by atoms with Crippen molar-refractivity contribution >= 4 is 6.29 Å². The van der Waals surface area contributed by atoms with Crippen molar-refractivity contribution < 1.29 is 9.32 Å². The van der Waals surface area contributed by atoms with Gasteiger partial charge in [-0.3, -0.25) is 4.79 Å². The van der Waals surface area contributed by atoms with E-state index in [9.17, 15) is 4.79 Å². The van der Waals surface area contributed by atoms with E-state index < -0.39 is 0 Å². The topological polar surface area (TPSA) is 46.3 Å². The first-order valence-electron chi connectivity index (χ1n) is 4.90. The highest BCUT2D eigenvalue weighted by Gasteiger charge is 2.23. The van der Waals surface area contributed by atoms with Crippen LogP contribution in [0, 0.1) is 0 Å². The average Bonchev–Trinajstić information content (AvgIpc) is 2.77. The molecule has 0 bridgehead atoms. The highest BCUT2D eigenvalue weighted by Crippen LogP contribution is 2.20. The van der Waals surface area contributed by atoms with Gasteiger partial charge in [0.1, 0.15) is 5.76 Å². The molecule has 1 aromatic rings. The van der Waals surface area contributed by atoms with Crippen LogP contribution in [0.1, 0.15) is 29.0 Å². The van der Waals surface area contributed by atoms with Crippen LogP contribution in [0.2, 0.25) is 0 Å². The zero-order chi connectivity index (χ0) is 9.97. The number of nitrogens with zero attached hydrogens (tertiary/aromatic N) is 2. The van der Waals surface area contributed by atoms with Crippen molar-refractivity contribution in [3.63, 3.8) is 0 Å². The molecule has 1 fully saturated rings. The van der Waals surface area contributed by atoms with Crippen molar-refractivity contribution in [2.75, 3.05) is 13.6 Å². The first-order valence-corrected chi connectivity index (χ1v) is 4.90. The third-order valence-electron chi connectivity index (χ3n) is 2.90. The van der Waals surface area contributed by atoms with Crippen molar-refractivity contribution in [2.45, 2.75) is 25.3 Å². The molecule has 0 spiro atoms. The van der Waals surface area contributed by atoms with Crippen LogP contribution in [0.3, 0.4) is 0 Å². The number of hydrogen-bond donors (Lipinski definition) is 0. The van der Waals surface area contributed by atoms with E-state index >= 15 is 0 Å². The van der Waals surface area contributed by atoms with Crippen LogP contribution in [0.5, 0.6) is 0 Å². The molecule has 1 aliphatic rings. The smallest absolute Gasteiger partial charge is 0.155 e. The molecule has 14 heavy (non-hydrogen) atoms. The third kappa shape index (κ3) is 1.70. The Morgan fingerprint density at radius 1 is 1.79 bits per heavy atom. The Morgan fingerprint density at radius 3 is 3.29 bits per heavy atom. The lowest BCUT2D eigenvalue weighted by Gasteiger charge is -2.17. The minimum atomic E-state index is 0.502.